The first-order chi connectivity index (χ1) is 10.7. The third-order valence-corrected chi connectivity index (χ3v) is 5.32. The number of ether oxygens (including phenoxy) is 1. The van der Waals surface area contributed by atoms with Gasteiger partial charge in [0.15, 0.2) is 0 Å². The molecule has 23 heavy (non-hydrogen) atoms. The van der Waals surface area contributed by atoms with Crippen molar-refractivity contribution in [2.75, 3.05) is 20.3 Å². The molecule has 122 valence electrons. The summed E-state index contributed by atoms with van der Waals surface area (Å²) in [7, 11) is -2.82. The number of hydrogen-bond acceptors (Lipinski definition) is 6. The van der Waals surface area contributed by atoms with Crippen LogP contribution in [0.1, 0.15) is 27.6 Å². The fraction of sp³-hybridized carbons (Fsp3) is 0.357. The summed E-state index contributed by atoms with van der Waals surface area (Å²) in [6.45, 7) is 1.90. The first kappa shape index (κ1) is 15.6. The van der Waals surface area contributed by atoms with Gasteiger partial charge in [-0.05, 0) is 25.1 Å². The summed E-state index contributed by atoms with van der Waals surface area (Å²) >= 11 is 0. The second-order valence-electron chi connectivity index (χ2n) is 5.86. The molecule has 0 aromatic heterocycles. The van der Waals surface area contributed by atoms with Gasteiger partial charge in [-0.25, -0.2) is 13.1 Å². The fourth-order valence-electron chi connectivity index (χ4n) is 2.35. The van der Waals surface area contributed by atoms with Crippen LogP contribution >= 0.6 is 0 Å². The van der Waals surface area contributed by atoms with E-state index < -0.39 is 33.2 Å². The van der Waals surface area contributed by atoms with Crippen molar-refractivity contribution in [1.82, 2.24) is 9.62 Å². The smallest absolute Gasteiger partial charge is 0.264 e. The number of amides is 3. The van der Waals surface area contributed by atoms with Crippen LogP contribution in [-0.2, 0) is 19.6 Å². The molecule has 0 unspecified atom stereocenters. The highest BCUT2D eigenvalue weighted by Crippen LogP contribution is 2.28. The van der Waals surface area contributed by atoms with Crippen LogP contribution in [0, 0.1) is 5.41 Å². The maximum Gasteiger partial charge on any atom is 0.264 e. The average molecular weight is 338 g/mol. The van der Waals surface area contributed by atoms with E-state index in [0.717, 1.165) is 11.0 Å². The molecule has 1 fully saturated rings. The van der Waals surface area contributed by atoms with Crippen LogP contribution in [0.5, 0.6) is 0 Å². The van der Waals surface area contributed by atoms with E-state index in [2.05, 4.69) is 0 Å². The molecular weight excluding hydrogens is 324 g/mol. The molecule has 1 aromatic carbocycles. The van der Waals surface area contributed by atoms with Crippen molar-refractivity contribution in [1.29, 1.82) is 0 Å². The van der Waals surface area contributed by atoms with E-state index in [-0.39, 0.29) is 29.2 Å². The zero-order valence-electron chi connectivity index (χ0n) is 12.5. The van der Waals surface area contributed by atoms with E-state index in [0.29, 0.717) is 0 Å². The van der Waals surface area contributed by atoms with Gasteiger partial charge in [0.1, 0.15) is 0 Å². The van der Waals surface area contributed by atoms with Crippen LogP contribution in [0.25, 0.3) is 0 Å². The predicted molar refractivity (Wildman–Crippen MR) is 77.1 cm³/mol. The molecule has 2 heterocycles. The molecule has 0 aliphatic carbocycles. The van der Waals surface area contributed by atoms with Gasteiger partial charge in [-0.1, -0.05) is 0 Å². The van der Waals surface area contributed by atoms with Gasteiger partial charge in [-0.2, -0.15) is 0 Å². The Kier molecular flexibility index (Phi) is 3.31. The lowest BCUT2D eigenvalue weighted by Crippen LogP contribution is -2.53. The SMILES string of the molecule is CN1C(=O)c2ccc(S(=O)(=O)NC(=O)C3(C)COC3)cc2C1=O. The summed E-state index contributed by atoms with van der Waals surface area (Å²) < 4.78 is 31.6. The quantitative estimate of drug-likeness (QED) is 0.761. The van der Waals surface area contributed by atoms with Crippen LogP contribution in [-0.4, -0.2) is 51.3 Å². The second kappa shape index (κ2) is 4.87. The molecule has 1 N–H and O–H groups in total. The minimum absolute atomic E-state index is 0.00557. The molecule has 1 saturated heterocycles. The normalized spacial score (nSPS) is 19.3. The third-order valence-electron chi connectivity index (χ3n) is 3.99. The molecule has 0 atom stereocenters. The first-order valence-electron chi connectivity index (χ1n) is 6.77. The van der Waals surface area contributed by atoms with E-state index in [1.807, 2.05) is 4.72 Å². The zero-order valence-corrected chi connectivity index (χ0v) is 13.3. The highest BCUT2D eigenvalue weighted by molar-refractivity contribution is 7.90. The molecule has 3 amide bonds. The predicted octanol–water partition coefficient (Wildman–Crippen LogP) is -0.246. The molecule has 1 aromatic rings. The number of nitrogens with zero attached hydrogens (tertiary/aromatic N) is 1. The lowest BCUT2D eigenvalue weighted by Gasteiger charge is -2.35. The number of nitrogens with one attached hydrogen (secondary N) is 1. The van der Waals surface area contributed by atoms with Gasteiger partial charge in [-0.3, -0.25) is 19.3 Å². The molecule has 2 aliphatic heterocycles. The first-order valence-corrected chi connectivity index (χ1v) is 8.25. The average Bonchev–Trinajstić information content (AvgIpc) is 2.69. The maximum atomic E-state index is 12.3. The Balaban J connectivity index is 1.92. The number of carbonyl (C=O) groups is 3. The highest BCUT2D eigenvalue weighted by atomic mass is 32.2. The van der Waals surface area contributed by atoms with Crippen molar-refractivity contribution in [3.63, 3.8) is 0 Å². The maximum absolute atomic E-state index is 12.3. The lowest BCUT2D eigenvalue weighted by atomic mass is 9.88. The summed E-state index contributed by atoms with van der Waals surface area (Å²) in [4.78, 5) is 36.4. The van der Waals surface area contributed by atoms with Crippen molar-refractivity contribution < 1.29 is 27.5 Å². The second-order valence-corrected chi connectivity index (χ2v) is 7.55. The molecule has 0 spiro atoms. The molecule has 0 radical (unpaired) electrons. The van der Waals surface area contributed by atoms with Crippen molar-refractivity contribution in [2.45, 2.75) is 11.8 Å². The van der Waals surface area contributed by atoms with E-state index in [9.17, 15) is 22.8 Å². The van der Waals surface area contributed by atoms with Gasteiger partial charge < -0.3 is 4.74 Å². The van der Waals surface area contributed by atoms with Crippen molar-refractivity contribution in [3.8, 4) is 0 Å². The van der Waals surface area contributed by atoms with Crippen LogP contribution in [0.2, 0.25) is 0 Å². The number of rotatable bonds is 3. The van der Waals surface area contributed by atoms with Crippen molar-refractivity contribution in [2.24, 2.45) is 5.41 Å². The van der Waals surface area contributed by atoms with E-state index >= 15 is 0 Å². The lowest BCUT2D eigenvalue weighted by molar-refractivity contribution is -0.155. The van der Waals surface area contributed by atoms with Crippen LogP contribution < -0.4 is 4.72 Å². The van der Waals surface area contributed by atoms with E-state index in [1.165, 1.54) is 19.2 Å². The van der Waals surface area contributed by atoms with Gasteiger partial charge in [0, 0.05) is 7.05 Å². The number of carbonyl (C=O) groups excluding carboxylic acids is 3. The number of hydrogen-bond donors (Lipinski definition) is 1. The molecular formula is C14H14N2O6S. The third kappa shape index (κ3) is 2.32. The Hall–Kier alpha value is -2.26. The summed E-state index contributed by atoms with van der Waals surface area (Å²) in [5.41, 5.74) is -0.733. The standard InChI is InChI=1S/C14H14N2O6S/c1-14(6-22-7-14)13(19)15-23(20,21)8-3-4-9-10(5-8)12(18)16(2)11(9)17/h3-5H,6-7H2,1-2H3,(H,15,19). The summed E-state index contributed by atoms with van der Waals surface area (Å²) in [5.74, 6) is -1.73. The topological polar surface area (TPSA) is 110 Å². The van der Waals surface area contributed by atoms with Crippen LogP contribution in [0.4, 0.5) is 0 Å². The Morgan fingerprint density at radius 2 is 1.83 bits per heavy atom. The van der Waals surface area contributed by atoms with Gasteiger partial charge in [-0.15, -0.1) is 0 Å². The van der Waals surface area contributed by atoms with Gasteiger partial charge in [0.2, 0.25) is 5.91 Å². The minimum Gasteiger partial charge on any atom is -0.379 e. The summed E-state index contributed by atoms with van der Waals surface area (Å²) in [6, 6.07) is 3.57. The molecule has 8 nitrogen and oxygen atoms in total. The fourth-order valence-corrected chi connectivity index (χ4v) is 3.48. The number of sulfonamides is 1. The molecule has 9 heteroatoms. The van der Waals surface area contributed by atoms with Gasteiger partial charge in [0.05, 0.1) is 34.7 Å². The minimum atomic E-state index is -4.14. The Labute approximate surface area is 132 Å². The molecule has 2 aliphatic rings. The molecule has 3 rings (SSSR count). The Morgan fingerprint density at radius 1 is 1.22 bits per heavy atom. The van der Waals surface area contributed by atoms with E-state index in [1.54, 1.807) is 6.92 Å². The highest BCUT2D eigenvalue weighted by Gasteiger charge is 2.43. The Morgan fingerprint density at radius 3 is 2.39 bits per heavy atom. The molecule has 0 bridgehead atoms. The summed E-state index contributed by atoms with van der Waals surface area (Å²) in [5, 5.41) is 0. The van der Waals surface area contributed by atoms with Gasteiger partial charge >= 0.3 is 0 Å². The summed E-state index contributed by atoms with van der Waals surface area (Å²) in [6.07, 6.45) is 0. The van der Waals surface area contributed by atoms with Crippen molar-refractivity contribution >= 4 is 27.7 Å². The zero-order chi connectivity index (χ0) is 17.0. The van der Waals surface area contributed by atoms with Gasteiger partial charge in [0.25, 0.3) is 21.8 Å². The van der Waals surface area contributed by atoms with Crippen LogP contribution in [0.3, 0.4) is 0 Å². The largest absolute Gasteiger partial charge is 0.379 e. The van der Waals surface area contributed by atoms with Crippen LogP contribution in [0.15, 0.2) is 23.1 Å². The number of benzene rings is 1. The number of imide groups is 1. The Bertz CT molecular complexity index is 841. The number of fused-ring (bicyclic) bond motifs is 1. The monoisotopic (exact) mass is 338 g/mol. The molecule has 0 saturated carbocycles. The van der Waals surface area contributed by atoms with Crippen molar-refractivity contribution in [3.05, 3.63) is 29.3 Å². The van der Waals surface area contributed by atoms with E-state index in [4.69, 9.17) is 4.74 Å².